The van der Waals surface area contributed by atoms with Crippen LogP contribution in [0.3, 0.4) is 0 Å². The average Bonchev–Trinajstić information content (AvgIpc) is 3.36. The summed E-state index contributed by atoms with van der Waals surface area (Å²) in [5.41, 5.74) is 5.02. The van der Waals surface area contributed by atoms with Crippen molar-refractivity contribution in [1.29, 1.82) is 0 Å². The lowest BCUT2D eigenvalue weighted by Crippen LogP contribution is -2.11. The van der Waals surface area contributed by atoms with Gasteiger partial charge in [0.2, 0.25) is 5.13 Å². The van der Waals surface area contributed by atoms with E-state index in [-0.39, 0.29) is 5.91 Å². The lowest BCUT2D eigenvalue weighted by molar-refractivity contribution is 0.0998. The van der Waals surface area contributed by atoms with Gasteiger partial charge >= 0.3 is 0 Å². The number of carbonyl (C=O) groups is 1. The van der Waals surface area contributed by atoms with Crippen molar-refractivity contribution in [1.82, 2.24) is 10.2 Å². The molecule has 0 unspecified atom stereocenters. The van der Waals surface area contributed by atoms with Gasteiger partial charge < -0.3 is 4.42 Å². The molecule has 2 aromatic heterocycles. The first-order valence-electron chi connectivity index (χ1n) is 10.2. The first-order chi connectivity index (χ1) is 15.5. The molecule has 0 bridgehead atoms. The van der Waals surface area contributed by atoms with Gasteiger partial charge in [0.15, 0.2) is 10.1 Å². The zero-order chi connectivity index (χ0) is 22.2. The number of hydrogen-bond donors (Lipinski definition) is 1. The first-order valence-corrected chi connectivity index (χ1v) is 12.0. The monoisotopic (exact) mass is 459 g/mol. The van der Waals surface area contributed by atoms with Crippen molar-refractivity contribution < 1.29 is 9.21 Å². The third kappa shape index (κ3) is 3.89. The highest BCUT2D eigenvalue weighted by Gasteiger charge is 2.20. The van der Waals surface area contributed by atoms with Crippen LogP contribution in [-0.4, -0.2) is 16.1 Å². The molecule has 5 aromatic rings. The van der Waals surface area contributed by atoms with Crippen LogP contribution in [0.1, 0.15) is 32.8 Å². The van der Waals surface area contributed by atoms with Crippen LogP contribution in [0.2, 0.25) is 0 Å². The van der Waals surface area contributed by atoms with Crippen LogP contribution in [0.5, 0.6) is 0 Å². The van der Waals surface area contributed by atoms with Crippen LogP contribution in [0.15, 0.2) is 63.4 Å². The number of fused-ring (bicyclic) bond motifs is 2. The molecule has 0 spiro atoms. The Bertz CT molecular complexity index is 1460. The summed E-state index contributed by atoms with van der Waals surface area (Å²) >= 11 is 2.98. The minimum absolute atomic E-state index is 0.308. The molecule has 0 saturated carbocycles. The Morgan fingerprint density at radius 1 is 1.06 bits per heavy atom. The molecule has 7 heteroatoms. The van der Waals surface area contributed by atoms with Crippen LogP contribution in [0.25, 0.3) is 21.7 Å². The summed E-state index contributed by atoms with van der Waals surface area (Å²) in [7, 11) is 0. The van der Waals surface area contributed by atoms with Crippen LogP contribution in [0, 0.1) is 20.8 Å². The van der Waals surface area contributed by atoms with E-state index in [1.165, 1.54) is 27.7 Å². The predicted octanol–water partition coefficient (Wildman–Crippen LogP) is 6.91. The highest BCUT2D eigenvalue weighted by Crippen LogP contribution is 2.32. The summed E-state index contributed by atoms with van der Waals surface area (Å²) in [6.07, 6.45) is 0. The second-order valence-corrected chi connectivity index (χ2v) is 9.97. The van der Waals surface area contributed by atoms with Gasteiger partial charge in [-0.1, -0.05) is 71.6 Å². The SMILES string of the molecule is Cc1cc(C)c2c(C)c(C(=O)Nc3nnc(SCc4cccc5ccccc45)s3)oc2c1. The highest BCUT2D eigenvalue weighted by atomic mass is 32.2. The number of aromatic nitrogens is 2. The number of benzene rings is 3. The topological polar surface area (TPSA) is 68.0 Å². The van der Waals surface area contributed by atoms with E-state index in [9.17, 15) is 4.79 Å². The normalized spacial score (nSPS) is 11.3. The fraction of sp³-hybridized carbons (Fsp3) is 0.160. The molecule has 0 saturated heterocycles. The number of rotatable bonds is 5. The van der Waals surface area contributed by atoms with Crippen molar-refractivity contribution in [2.24, 2.45) is 0 Å². The number of nitrogens with zero attached hydrogens (tertiary/aromatic N) is 2. The van der Waals surface area contributed by atoms with Crippen LogP contribution in [-0.2, 0) is 5.75 Å². The molecule has 0 aliphatic rings. The van der Waals surface area contributed by atoms with Gasteiger partial charge in [0.05, 0.1) is 0 Å². The number of amides is 1. The Kier molecular flexibility index (Phi) is 5.45. The summed E-state index contributed by atoms with van der Waals surface area (Å²) in [6, 6.07) is 18.7. The Morgan fingerprint density at radius 2 is 1.88 bits per heavy atom. The number of thioether (sulfide) groups is 1. The molecule has 0 radical (unpaired) electrons. The second kappa shape index (κ2) is 8.41. The summed E-state index contributed by atoms with van der Waals surface area (Å²) < 4.78 is 6.69. The molecule has 0 fully saturated rings. The number of furan rings is 1. The fourth-order valence-corrected chi connectivity index (χ4v) is 5.79. The Labute approximate surface area is 193 Å². The third-order valence-electron chi connectivity index (χ3n) is 5.44. The molecular weight excluding hydrogens is 438 g/mol. The second-order valence-electron chi connectivity index (χ2n) is 7.77. The Morgan fingerprint density at radius 3 is 2.75 bits per heavy atom. The standard InChI is InChI=1S/C25H21N3O2S2/c1-14-11-15(2)21-16(3)22(30-20(21)12-14)23(29)26-24-27-28-25(32-24)31-13-18-9-6-8-17-7-4-5-10-19(17)18/h4-12H,13H2,1-3H3,(H,26,27,29). The van der Waals surface area contributed by atoms with Crippen LogP contribution < -0.4 is 5.32 Å². The van der Waals surface area contributed by atoms with E-state index in [2.05, 4.69) is 58.0 Å². The summed E-state index contributed by atoms with van der Waals surface area (Å²) in [6.45, 7) is 5.96. The number of anilines is 1. The fourth-order valence-electron chi connectivity index (χ4n) is 4.04. The van der Waals surface area contributed by atoms with Crippen molar-refractivity contribution in [3.8, 4) is 0 Å². The van der Waals surface area contributed by atoms with Gasteiger partial charge in [-0.25, -0.2) is 0 Å². The summed E-state index contributed by atoms with van der Waals surface area (Å²) in [5, 5.41) is 15.1. The van der Waals surface area contributed by atoms with Crippen LogP contribution >= 0.6 is 23.1 Å². The maximum absolute atomic E-state index is 12.9. The number of aryl methyl sites for hydroxylation is 3. The van der Waals surface area contributed by atoms with E-state index in [4.69, 9.17) is 4.42 Å². The van der Waals surface area contributed by atoms with Crippen molar-refractivity contribution in [2.45, 2.75) is 30.9 Å². The predicted molar refractivity (Wildman–Crippen MR) is 132 cm³/mol. The van der Waals surface area contributed by atoms with Gasteiger partial charge in [0.1, 0.15) is 5.58 Å². The van der Waals surface area contributed by atoms with Gasteiger partial charge in [0, 0.05) is 16.7 Å². The maximum atomic E-state index is 12.9. The van der Waals surface area contributed by atoms with E-state index < -0.39 is 0 Å². The van der Waals surface area contributed by atoms with Gasteiger partial charge in [-0.15, -0.1) is 10.2 Å². The average molecular weight is 460 g/mol. The van der Waals surface area contributed by atoms with Crippen LogP contribution in [0.4, 0.5) is 5.13 Å². The quantitative estimate of drug-likeness (QED) is 0.228. The number of hydrogen-bond acceptors (Lipinski definition) is 6. The molecule has 160 valence electrons. The minimum Gasteiger partial charge on any atom is -0.451 e. The zero-order valence-corrected chi connectivity index (χ0v) is 19.6. The molecule has 0 aliphatic heterocycles. The molecule has 1 amide bonds. The largest absolute Gasteiger partial charge is 0.451 e. The Hall–Kier alpha value is -3.16. The summed E-state index contributed by atoms with van der Waals surface area (Å²) in [4.78, 5) is 12.9. The minimum atomic E-state index is -0.308. The van der Waals surface area contributed by atoms with Gasteiger partial charge in [-0.05, 0) is 54.3 Å². The molecule has 1 N–H and O–H groups in total. The van der Waals surface area contributed by atoms with Crippen molar-refractivity contribution in [2.75, 3.05) is 5.32 Å². The molecule has 3 aromatic carbocycles. The molecule has 2 heterocycles. The molecule has 5 nitrogen and oxygen atoms in total. The van der Waals surface area contributed by atoms with Gasteiger partial charge in [0.25, 0.3) is 5.91 Å². The third-order valence-corrected chi connectivity index (χ3v) is 7.46. The number of nitrogens with one attached hydrogen (secondary N) is 1. The first kappa shape index (κ1) is 20.7. The van der Waals surface area contributed by atoms with E-state index >= 15 is 0 Å². The van der Waals surface area contributed by atoms with Crippen molar-refractivity contribution in [3.63, 3.8) is 0 Å². The van der Waals surface area contributed by atoms with E-state index in [0.717, 1.165) is 37.8 Å². The Balaban J connectivity index is 1.31. The van der Waals surface area contributed by atoms with E-state index in [1.807, 2.05) is 32.9 Å². The number of carbonyl (C=O) groups excluding carboxylic acids is 1. The van der Waals surface area contributed by atoms with Crippen molar-refractivity contribution in [3.05, 3.63) is 82.6 Å². The molecular formula is C25H21N3O2S2. The van der Waals surface area contributed by atoms with E-state index in [1.54, 1.807) is 11.8 Å². The van der Waals surface area contributed by atoms with Gasteiger partial charge in [-0.2, -0.15) is 0 Å². The van der Waals surface area contributed by atoms with Crippen molar-refractivity contribution >= 4 is 55.9 Å². The molecule has 32 heavy (non-hydrogen) atoms. The molecule has 0 atom stereocenters. The van der Waals surface area contributed by atoms with E-state index in [0.29, 0.717) is 10.9 Å². The lowest BCUT2D eigenvalue weighted by atomic mass is 10.0. The maximum Gasteiger partial charge on any atom is 0.293 e. The zero-order valence-electron chi connectivity index (χ0n) is 17.9. The lowest BCUT2D eigenvalue weighted by Gasteiger charge is -2.04. The highest BCUT2D eigenvalue weighted by molar-refractivity contribution is 8.00. The summed E-state index contributed by atoms with van der Waals surface area (Å²) in [5.74, 6) is 0.789. The van der Waals surface area contributed by atoms with Gasteiger partial charge in [-0.3, -0.25) is 10.1 Å². The molecule has 0 aliphatic carbocycles. The molecule has 5 rings (SSSR count). The smallest absolute Gasteiger partial charge is 0.293 e.